The number of likely N-dealkylation sites (tertiary alicyclic amines) is 1. The molecular weight excluding hydrogens is 266 g/mol. The summed E-state index contributed by atoms with van der Waals surface area (Å²) in [5.74, 6) is 0.0363. The van der Waals surface area contributed by atoms with Gasteiger partial charge in [-0.3, -0.25) is 4.79 Å². The van der Waals surface area contributed by atoms with Crippen LogP contribution in [0.4, 0.5) is 0 Å². The van der Waals surface area contributed by atoms with E-state index in [1.165, 1.54) is 12.7 Å². The lowest BCUT2D eigenvalue weighted by molar-refractivity contribution is -0.147. The summed E-state index contributed by atoms with van der Waals surface area (Å²) in [6.07, 6.45) is 2.57. The van der Waals surface area contributed by atoms with Gasteiger partial charge in [0.25, 0.3) is 5.91 Å². The fourth-order valence-corrected chi connectivity index (χ4v) is 2.73. The van der Waals surface area contributed by atoms with Gasteiger partial charge in [-0.1, -0.05) is 26.0 Å². The topological polar surface area (TPSA) is 46.6 Å². The van der Waals surface area contributed by atoms with Crippen LogP contribution in [0.1, 0.15) is 54.9 Å². The molecule has 1 fully saturated rings. The third kappa shape index (κ3) is 3.43. The van der Waals surface area contributed by atoms with Crippen LogP contribution in [0.25, 0.3) is 0 Å². The third-order valence-corrected chi connectivity index (χ3v) is 4.06. The van der Waals surface area contributed by atoms with E-state index in [-0.39, 0.29) is 11.9 Å². The van der Waals surface area contributed by atoms with Crippen molar-refractivity contribution in [2.75, 3.05) is 13.7 Å². The van der Waals surface area contributed by atoms with Crippen molar-refractivity contribution >= 4 is 11.9 Å². The minimum Gasteiger partial charge on any atom is -0.467 e. The maximum Gasteiger partial charge on any atom is 0.328 e. The number of carbonyl (C=O) groups excluding carboxylic acids is 2. The number of esters is 1. The summed E-state index contributed by atoms with van der Waals surface area (Å²) in [7, 11) is 1.37. The monoisotopic (exact) mass is 289 g/mol. The molecule has 0 aromatic heterocycles. The van der Waals surface area contributed by atoms with Crippen molar-refractivity contribution in [1.29, 1.82) is 0 Å². The van der Waals surface area contributed by atoms with E-state index in [9.17, 15) is 9.59 Å². The summed E-state index contributed by atoms with van der Waals surface area (Å²) in [6, 6.07) is 7.21. The molecule has 21 heavy (non-hydrogen) atoms. The summed E-state index contributed by atoms with van der Waals surface area (Å²) in [5.41, 5.74) is 1.84. The molecule has 1 unspecified atom stereocenters. The molecule has 4 heteroatoms. The zero-order valence-corrected chi connectivity index (χ0v) is 13.0. The fraction of sp³-hybridized carbons (Fsp3) is 0.529. The second-order valence-electron chi connectivity index (χ2n) is 5.81. The summed E-state index contributed by atoms with van der Waals surface area (Å²) in [5, 5.41) is 0. The van der Waals surface area contributed by atoms with E-state index < -0.39 is 6.04 Å². The van der Waals surface area contributed by atoms with Gasteiger partial charge < -0.3 is 9.64 Å². The molecule has 1 saturated heterocycles. The fourth-order valence-electron chi connectivity index (χ4n) is 2.73. The Hall–Kier alpha value is -1.84. The standard InChI is InChI=1S/C17H23NO3/c1-12(2)13-7-9-14(10-8-13)16(19)18-11-5-4-6-15(18)17(20)21-3/h7-10,12,15H,4-6,11H2,1-3H3. The van der Waals surface area contributed by atoms with Gasteiger partial charge in [-0.15, -0.1) is 0 Å². The molecule has 1 amide bonds. The third-order valence-electron chi connectivity index (χ3n) is 4.06. The highest BCUT2D eigenvalue weighted by Crippen LogP contribution is 2.22. The second-order valence-corrected chi connectivity index (χ2v) is 5.81. The zero-order chi connectivity index (χ0) is 15.4. The van der Waals surface area contributed by atoms with Gasteiger partial charge in [0.05, 0.1) is 7.11 Å². The largest absolute Gasteiger partial charge is 0.467 e. The lowest BCUT2D eigenvalue weighted by atomic mass is 9.99. The molecule has 0 N–H and O–H groups in total. The summed E-state index contributed by atoms with van der Waals surface area (Å²) >= 11 is 0. The predicted octanol–water partition coefficient (Wildman–Crippen LogP) is 2.98. The molecule has 2 rings (SSSR count). The van der Waals surface area contributed by atoms with E-state index in [1.54, 1.807) is 4.90 Å². The first-order valence-electron chi connectivity index (χ1n) is 7.53. The second kappa shape index (κ2) is 6.74. The van der Waals surface area contributed by atoms with Crippen molar-refractivity contribution in [1.82, 2.24) is 4.90 Å². The average Bonchev–Trinajstić information content (AvgIpc) is 2.53. The van der Waals surface area contributed by atoms with E-state index in [0.717, 1.165) is 12.8 Å². The number of hydrogen-bond donors (Lipinski definition) is 0. The Balaban J connectivity index is 2.18. The number of rotatable bonds is 3. The van der Waals surface area contributed by atoms with Gasteiger partial charge >= 0.3 is 5.97 Å². The maximum absolute atomic E-state index is 12.6. The lowest BCUT2D eigenvalue weighted by Crippen LogP contribution is -2.48. The Morgan fingerprint density at radius 2 is 1.86 bits per heavy atom. The molecule has 1 heterocycles. The van der Waals surface area contributed by atoms with Crippen LogP contribution < -0.4 is 0 Å². The number of carbonyl (C=O) groups is 2. The van der Waals surface area contributed by atoms with Crippen molar-refractivity contribution in [3.8, 4) is 0 Å². The van der Waals surface area contributed by atoms with E-state index in [2.05, 4.69) is 13.8 Å². The number of hydrogen-bond acceptors (Lipinski definition) is 3. The zero-order valence-electron chi connectivity index (χ0n) is 13.0. The van der Waals surface area contributed by atoms with E-state index >= 15 is 0 Å². The van der Waals surface area contributed by atoms with Crippen LogP contribution in [-0.4, -0.2) is 36.5 Å². The Bertz CT molecular complexity index is 507. The van der Waals surface area contributed by atoms with Gasteiger partial charge in [0.1, 0.15) is 6.04 Å². The van der Waals surface area contributed by atoms with Crippen LogP contribution in [0.5, 0.6) is 0 Å². The number of methoxy groups -OCH3 is 1. The number of ether oxygens (including phenoxy) is 1. The highest BCUT2D eigenvalue weighted by Gasteiger charge is 2.33. The highest BCUT2D eigenvalue weighted by atomic mass is 16.5. The van der Waals surface area contributed by atoms with Gasteiger partial charge in [-0.05, 0) is 42.9 Å². The molecule has 4 nitrogen and oxygen atoms in total. The van der Waals surface area contributed by atoms with Gasteiger partial charge in [-0.25, -0.2) is 4.79 Å². The van der Waals surface area contributed by atoms with Crippen LogP contribution in [0, 0.1) is 0 Å². The van der Waals surface area contributed by atoms with Crippen molar-refractivity contribution in [2.24, 2.45) is 0 Å². The Morgan fingerprint density at radius 1 is 1.19 bits per heavy atom. The SMILES string of the molecule is COC(=O)C1CCCCN1C(=O)c1ccc(C(C)C)cc1. The van der Waals surface area contributed by atoms with Gasteiger partial charge in [0.15, 0.2) is 0 Å². The van der Waals surface area contributed by atoms with Crippen LogP contribution in [0.2, 0.25) is 0 Å². The van der Waals surface area contributed by atoms with E-state index in [0.29, 0.717) is 24.4 Å². The first-order chi connectivity index (χ1) is 10.0. The molecule has 0 spiro atoms. The molecule has 0 saturated carbocycles. The molecular formula is C17H23NO3. The van der Waals surface area contributed by atoms with Crippen LogP contribution >= 0.6 is 0 Å². The van der Waals surface area contributed by atoms with Crippen molar-refractivity contribution in [3.05, 3.63) is 35.4 Å². The number of benzene rings is 1. The number of piperidine rings is 1. The molecule has 1 aliphatic heterocycles. The summed E-state index contributed by atoms with van der Waals surface area (Å²) in [6.45, 7) is 4.86. The molecule has 1 aromatic carbocycles. The predicted molar refractivity (Wildman–Crippen MR) is 81.2 cm³/mol. The average molecular weight is 289 g/mol. The Morgan fingerprint density at radius 3 is 2.43 bits per heavy atom. The minimum absolute atomic E-state index is 0.0830. The van der Waals surface area contributed by atoms with E-state index in [4.69, 9.17) is 4.74 Å². The summed E-state index contributed by atoms with van der Waals surface area (Å²) < 4.78 is 4.82. The van der Waals surface area contributed by atoms with Crippen LogP contribution in [0.15, 0.2) is 24.3 Å². The van der Waals surface area contributed by atoms with E-state index in [1.807, 2.05) is 24.3 Å². The maximum atomic E-state index is 12.6. The molecule has 0 aliphatic carbocycles. The Kier molecular flexibility index (Phi) is 4.99. The molecule has 114 valence electrons. The van der Waals surface area contributed by atoms with Crippen molar-refractivity contribution < 1.29 is 14.3 Å². The highest BCUT2D eigenvalue weighted by molar-refractivity contribution is 5.97. The first-order valence-corrected chi connectivity index (χ1v) is 7.53. The summed E-state index contributed by atoms with van der Waals surface area (Å²) in [4.78, 5) is 26.1. The Labute approximate surface area is 126 Å². The first kappa shape index (κ1) is 15.5. The molecule has 0 radical (unpaired) electrons. The molecule has 1 aromatic rings. The smallest absolute Gasteiger partial charge is 0.328 e. The van der Waals surface area contributed by atoms with Crippen LogP contribution in [-0.2, 0) is 9.53 Å². The van der Waals surface area contributed by atoms with Gasteiger partial charge in [-0.2, -0.15) is 0 Å². The quantitative estimate of drug-likeness (QED) is 0.804. The van der Waals surface area contributed by atoms with Gasteiger partial charge in [0.2, 0.25) is 0 Å². The number of amides is 1. The molecule has 0 bridgehead atoms. The normalized spacial score (nSPS) is 18.7. The van der Waals surface area contributed by atoms with Crippen LogP contribution in [0.3, 0.4) is 0 Å². The minimum atomic E-state index is -0.443. The lowest BCUT2D eigenvalue weighted by Gasteiger charge is -2.33. The molecule has 1 atom stereocenters. The molecule has 1 aliphatic rings. The van der Waals surface area contributed by atoms with Gasteiger partial charge in [0, 0.05) is 12.1 Å². The van der Waals surface area contributed by atoms with Crippen molar-refractivity contribution in [2.45, 2.75) is 45.1 Å². The van der Waals surface area contributed by atoms with Crippen molar-refractivity contribution in [3.63, 3.8) is 0 Å². The number of nitrogens with zero attached hydrogens (tertiary/aromatic N) is 1.